The van der Waals surface area contributed by atoms with Crippen molar-refractivity contribution in [1.82, 2.24) is 19.4 Å². The number of fused-ring (bicyclic) bond motifs is 1. The molecule has 4 aromatic rings. The van der Waals surface area contributed by atoms with Crippen LogP contribution in [0.15, 0.2) is 66.6 Å². The van der Waals surface area contributed by atoms with Crippen molar-refractivity contribution in [3.63, 3.8) is 0 Å². The first-order chi connectivity index (χ1) is 20.5. The third-order valence-corrected chi connectivity index (χ3v) is 8.38. The lowest BCUT2D eigenvalue weighted by atomic mass is 9.97. The predicted molar refractivity (Wildman–Crippen MR) is 173 cm³/mol. The third kappa shape index (κ3) is 5.25. The molecule has 2 atom stereocenters. The minimum absolute atomic E-state index is 0.0118. The van der Waals surface area contributed by atoms with E-state index in [1.54, 1.807) is 46.0 Å². The van der Waals surface area contributed by atoms with Crippen LogP contribution in [-0.2, 0) is 4.79 Å². The van der Waals surface area contributed by atoms with Gasteiger partial charge in [-0.25, -0.2) is 9.18 Å². The number of piperazine rings is 1. The van der Waals surface area contributed by atoms with Crippen molar-refractivity contribution >= 4 is 40.3 Å². The first kappa shape index (κ1) is 30.2. The summed E-state index contributed by atoms with van der Waals surface area (Å²) in [4.78, 5) is 39.7. The Balaban J connectivity index is 1.87. The number of rotatable bonds is 6. The van der Waals surface area contributed by atoms with Gasteiger partial charge in [0.25, 0.3) is 0 Å². The summed E-state index contributed by atoms with van der Waals surface area (Å²) in [6.07, 6.45) is 4.63. The summed E-state index contributed by atoms with van der Waals surface area (Å²) in [5.41, 5.74) is 3.57. The van der Waals surface area contributed by atoms with Crippen molar-refractivity contribution in [2.45, 2.75) is 52.6 Å². The van der Waals surface area contributed by atoms with Crippen LogP contribution in [0, 0.1) is 12.7 Å². The van der Waals surface area contributed by atoms with E-state index in [2.05, 4.69) is 28.0 Å². The fourth-order valence-electron chi connectivity index (χ4n) is 6.16. The minimum atomic E-state index is -0.491. The van der Waals surface area contributed by atoms with Crippen LogP contribution in [-0.4, -0.2) is 50.5 Å². The summed E-state index contributed by atoms with van der Waals surface area (Å²) in [6, 6.07) is 9.82. The molecule has 7 nitrogen and oxygen atoms in total. The van der Waals surface area contributed by atoms with Gasteiger partial charge in [0.1, 0.15) is 11.6 Å². The van der Waals surface area contributed by atoms with Crippen LogP contribution in [0.25, 0.3) is 33.8 Å². The fourth-order valence-corrected chi connectivity index (χ4v) is 6.42. The number of nitrogens with zero attached hydrogens (tertiary/aromatic N) is 5. The predicted octanol–water partition coefficient (Wildman–Crippen LogP) is 6.93. The van der Waals surface area contributed by atoms with Gasteiger partial charge in [0.05, 0.1) is 16.9 Å². The Morgan fingerprint density at radius 3 is 2.47 bits per heavy atom. The van der Waals surface area contributed by atoms with E-state index >= 15 is 4.39 Å². The van der Waals surface area contributed by atoms with Crippen molar-refractivity contribution in [2.75, 3.05) is 18.0 Å². The highest BCUT2D eigenvalue weighted by molar-refractivity contribution is 6.34. The van der Waals surface area contributed by atoms with Gasteiger partial charge in [-0.3, -0.25) is 14.3 Å². The van der Waals surface area contributed by atoms with Crippen LogP contribution in [0.1, 0.15) is 50.4 Å². The number of aryl methyl sites for hydroxylation is 1. The molecule has 0 radical (unpaired) electrons. The molecule has 1 amide bonds. The molecule has 0 unspecified atom stereocenters. The Bertz CT molecular complexity index is 1820. The van der Waals surface area contributed by atoms with E-state index in [0.717, 1.165) is 11.3 Å². The quantitative estimate of drug-likeness (QED) is 0.225. The second kappa shape index (κ2) is 11.8. The molecule has 0 N–H and O–H groups in total. The molecule has 1 saturated heterocycles. The number of halogens is 2. The zero-order valence-electron chi connectivity index (χ0n) is 25.1. The van der Waals surface area contributed by atoms with Crippen molar-refractivity contribution in [1.29, 1.82) is 0 Å². The maximum absolute atomic E-state index is 15.4. The Morgan fingerprint density at radius 1 is 1.14 bits per heavy atom. The SMILES string of the molecule is C=CC(=O)N1C[C@H](C)N(c2nc(=O)n(-c3c(C)ccnc3C(C)C)c3cc(-c4c(F)cccc4C=C)c(Cl)cc23)[C@@H](C)C1. The zero-order chi connectivity index (χ0) is 31.2. The van der Waals surface area contributed by atoms with Crippen molar-refractivity contribution in [3.05, 3.63) is 100.0 Å². The molecule has 2 aromatic heterocycles. The van der Waals surface area contributed by atoms with Crippen LogP contribution < -0.4 is 10.6 Å². The molecule has 222 valence electrons. The van der Waals surface area contributed by atoms with Gasteiger partial charge in [-0.15, -0.1) is 0 Å². The van der Waals surface area contributed by atoms with Gasteiger partial charge < -0.3 is 9.80 Å². The zero-order valence-corrected chi connectivity index (χ0v) is 25.8. The summed E-state index contributed by atoms with van der Waals surface area (Å²) < 4.78 is 17.0. The Labute approximate surface area is 255 Å². The smallest absolute Gasteiger partial charge is 0.347 e. The summed E-state index contributed by atoms with van der Waals surface area (Å²) in [5.74, 6) is -0.124. The summed E-state index contributed by atoms with van der Waals surface area (Å²) in [6.45, 7) is 18.3. The molecule has 0 bridgehead atoms. The first-order valence-electron chi connectivity index (χ1n) is 14.3. The van der Waals surface area contributed by atoms with E-state index in [4.69, 9.17) is 11.6 Å². The van der Waals surface area contributed by atoms with Crippen LogP contribution in [0.5, 0.6) is 0 Å². The number of pyridine rings is 1. The largest absolute Gasteiger partial charge is 0.354 e. The highest BCUT2D eigenvalue weighted by atomic mass is 35.5. The molecule has 1 aliphatic heterocycles. The lowest BCUT2D eigenvalue weighted by molar-refractivity contribution is -0.127. The van der Waals surface area contributed by atoms with Crippen LogP contribution in [0.4, 0.5) is 10.2 Å². The number of hydrogen-bond acceptors (Lipinski definition) is 5. The van der Waals surface area contributed by atoms with E-state index in [9.17, 15) is 9.59 Å². The van der Waals surface area contributed by atoms with Crippen LogP contribution >= 0.6 is 11.6 Å². The average Bonchev–Trinajstić information content (AvgIpc) is 2.96. The topological polar surface area (TPSA) is 71.3 Å². The standard InChI is InChI=1S/C34H35ClFN5O2/c1-8-23-11-10-12-27(36)30(23)24-16-28-25(15-26(24)35)33(40-21(6)17-39(18-22(40)7)29(42)9-2)38-34(43)41(28)32-20(5)13-14-37-31(32)19(3)4/h8-16,19,21-22H,1-2,17-18H2,3-7H3/t21-,22-/m0/s1. The maximum Gasteiger partial charge on any atom is 0.354 e. The first-order valence-corrected chi connectivity index (χ1v) is 14.7. The van der Waals surface area contributed by atoms with Gasteiger partial charge in [0.2, 0.25) is 5.91 Å². The number of amides is 1. The highest BCUT2D eigenvalue weighted by Crippen LogP contribution is 2.40. The summed E-state index contributed by atoms with van der Waals surface area (Å²) in [5, 5.41) is 0.937. The molecule has 2 aromatic carbocycles. The Hall–Kier alpha value is -4.30. The van der Waals surface area contributed by atoms with Crippen LogP contribution in [0.2, 0.25) is 5.02 Å². The second-order valence-corrected chi connectivity index (χ2v) is 11.8. The van der Waals surface area contributed by atoms with E-state index < -0.39 is 11.5 Å². The molecule has 1 fully saturated rings. The molecule has 1 aliphatic rings. The Kier molecular flexibility index (Phi) is 8.25. The number of aromatic nitrogens is 3. The molecule has 3 heterocycles. The van der Waals surface area contributed by atoms with E-state index in [0.29, 0.717) is 57.2 Å². The van der Waals surface area contributed by atoms with E-state index in [-0.39, 0.29) is 23.9 Å². The Morgan fingerprint density at radius 2 is 1.84 bits per heavy atom. The van der Waals surface area contributed by atoms with Crippen molar-refractivity contribution in [3.8, 4) is 16.8 Å². The van der Waals surface area contributed by atoms with E-state index in [1.165, 1.54) is 12.1 Å². The molecular weight excluding hydrogens is 565 g/mol. The van der Waals surface area contributed by atoms with Crippen molar-refractivity contribution in [2.24, 2.45) is 0 Å². The van der Waals surface area contributed by atoms with Gasteiger partial charge in [-0.1, -0.05) is 56.8 Å². The number of benzene rings is 2. The third-order valence-electron chi connectivity index (χ3n) is 8.07. The molecule has 43 heavy (non-hydrogen) atoms. The lowest BCUT2D eigenvalue weighted by Gasteiger charge is -2.45. The molecule has 0 saturated carbocycles. The van der Waals surface area contributed by atoms with Gasteiger partial charge in [-0.2, -0.15) is 4.98 Å². The van der Waals surface area contributed by atoms with Crippen LogP contribution in [0.3, 0.4) is 0 Å². The molecule has 5 rings (SSSR count). The summed E-state index contributed by atoms with van der Waals surface area (Å²) >= 11 is 6.95. The van der Waals surface area contributed by atoms with Gasteiger partial charge in [0.15, 0.2) is 0 Å². The highest BCUT2D eigenvalue weighted by Gasteiger charge is 2.34. The number of hydrogen-bond donors (Lipinski definition) is 0. The maximum atomic E-state index is 15.4. The second-order valence-electron chi connectivity index (χ2n) is 11.4. The lowest BCUT2D eigenvalue weighted by Crippen LogP contribution is -2.58. The monoisotopic (exact) mass is 599 g/mol. The van der Waals surface area contributed by atoms with E-state index in [1.807, 2.05) is 40.7 Å². The molecule has 0 spiro atoms. The van der Waals surface area contributed by atoms with Gasteiger partial charge in [-0.05, 0) is 68.2 Å². The minimum Gasteiger partial charge on any atom is -0.347 e. The molecule has 0 aliphatic carbocycles. The van der Waals surface area contributed by atoms with Gasteiger partial charge in [0, 0.05) is 52.9 Å². The summed E-state index contributed by atoms with van der Waals surface area (Å²) in [7, 11) is 0. The molecular formula is C34H35ClFN5O2. The number of carbonyl (C=O) groups excluding carboxylic acids is 1. The van der Waals surface area contributed by atoms with Gasteiger partial charge >= 0.3 is 5.69 Å². The number of anilines is 1. The average molecular weight is 600 g/mol. The fraction of sp³-hybridized carbons (Fsp3) is 0.294. The number of carbonyl (C=O) groups is 1. The van der Waals surface area contributed by atoms with Crippen molar-refractivity contribution < 1.29 is 9.18 Å². The molecule has 9 heteroatoms. The normalized spacial score (nSPS) is 17.0.